The van der Waals surface area contributed by atoms with Gasteiger partial charge in [-0.1, -0.05) is 0 Å². The number of alkyl halides is 58. The number of rotatable bonds is 9. The van der Waals surface area contributed by atoms with Crippen LogP contribution in [0.15, 0.2) is 0 Å². The number of halogens is 60. The summed E-state index contributed by atoms with van der Waals surface area (Å²) in [6, 6.07) is 0. The highest BCUT2D eigenvalue weighted by atomic mass is 19.3. The molecule has 0 unspecified atom stereocenters. The van der Waals surface area contributed by atoms with Crippen molar-refractivity contribution in [3.63, 3.8) is 0 Å². The van der Waals surface area contributed by atoms with Crippen LogP contribution in [-0.4, -0.2) is 324 Å². The van der Waals surface area contributed by atoms with E-state index < -0.39 is 247 Å². The Morgan fingerprint density at radius 2 is 0.212 bits per heavy atom. The molecule has 0 radical (unpaired) electrons. The van der Waals surface area contributed by atoms with Crippen molar-refractivity contribution in [3.05, 3.63) is 0 Å². The Bertz CT molecular complexity index is 516. The molecule has 0 bridgehead atoms. The van der Waals surface area contributed by atoms with Crippen LogP contribution in [0.2, 0.25) is 0 Å². The van der Waals surface area contributed by atoms with Crippen molar-refractivity contribution in [2.75, 3.05) is 267 Å². The maximum Gasteiger partial charge on any atom is 0.380 e. The Morgan fingerprint density at radius 3 is 0.221 bits per heavy atom. The average molecular weight is 1920 g/mol. The average Bonchev–Trinajstić information content (AvgIpc) is 0.975. The van der Waals surface area contributed by atoms with Crippen LogP contribution in [-0.2, 0) is 14.6 Å². The molecular weight excluding hydrogens is 1830 g/mol. The van der Waals surface area contributed by atoms with Gasteiger partial charge in [0, 0.05) is 0 Å². The highest BCUT2D eigenvalue weighted by molar-refractivity contribution is 4.43. The molecule has 0 fully saturated rings. The van der Waals surface area contributed by atoms with Crippen molar-refractivity contribution >= 4 is 0 Å². The molecule has 0 saturated carbocycles. The molecule has 10 N–H and O–H groups in total. The van der Waals surface area contributed by atoms with Crippen LogP contribution in [0.3, 0.4) is 0 Å². The molecule has 0 spiro atoms. The monoisotopic (exact) mass is 1920 g/mol. The van der Waals surface area contributed by atoms with E-state index in [1.54, 1.807) is 0 Å². The fourth-order valence-corrected chi connectivity index (χ4v) is 0.125. The molecule has 0 aromatic rings. The van der Waals surface area contributed by atoms with Crippen LogP contribution < -0.4 is 0 Å². The van der Waals surface area contributed by atoms with Gasteiger partial charge in [-0.3, -0.25) is 4.74 Å². The normalized spacial score (nSPS) is 6.74. The SMILES string of the molecule is FCF.FCF.FCF.FCF.FCF.FCF.FCF.FCF.FCF.FCF.FCF.FCF.FCF.FCF.FCF.FCF.FCF.FCF.FCF.FCF.FCF.FCF.FCOF.FCOF.OCC(F)(F)OCF.OCCF.OCCF.OCCF.OCCF.OCF.OCF.OCF.OCF.OCF. The van der Waals surface area contributed by atoms with Gasteiger partial charge in [0.05, 0.1) is 26.4 Å². The minimum absolute atomic E-state index is 0.347. The van der Waals surface area contributed by atoms with Crippen LogP contribution in [0.4, 0.5) is 264 Å². The molecule has 0 aliphatic rings. The van der Waals surface area contributed by atoms with E-state index in [2.05, 4.69) is 14.6 Å². The van der Waals surface area contributed by atoms with E-state index in [9.17, 15) is 264 Å². The van der Waals surface area contributed by atoms with Crippen molar-refractivity contribution in [1.82, 2.24) is 0 Å². The van der Waals surface area contributed by atoms with E-state index in [1.807, 2.05) is 0 Å². The topological polar surface area (TPSA) is 230 Å². The lowest BCUT2D eigenvalue weighted by Gasteiger charge is -2.09. The zero-order chi connectivity index (χ0) is 100. The second-order valence-corrected chi connectivity index (χ2v) is 5.96. The van der Waals surface area contributed by atoms with Gasteiger partial charge in [-0.2, -0.15) is 18.7 Å². The number of hydrogen-bond acceptors (Lipinski definition) is 13. The van der Waals surface area contributed by atoms with E-state index in [4.69, 9.17) is 51.1 Å². The molecule has 73 heteroatoms. The van der Waals surface area contributed by atoms with Crippen LogP contribution in [0, 0.1) is 0 Å². The predicted molar refractivity (Wildman–Crippen MR) is 284 cm³/mol. The number of aliphatic hydroxyl groups is 10. The quantitative estimate of drug-likeness (QED) is 0.0970. The molecule has 0 aliphatic heterocycles. The summed E-state index contributed by atoms with van der Waals surface area (Å²) >= 11 is 0. The summed E-state index contributed by atoms with van der Waals surface area (Å²) in [4.78, 5) is 4.75. The van der Waals surface area contributed by atoms with E-state index in [0.717, 1.165) is 0 Å². The van der Waals surface area contributed by atoms with Crippen LogP contribution in [0.1, 0.15) is 0 Å². The van der Waals surface area contributed by atoms with E-state index in [0.29, 0.717) is 0 Å². The Labute approximate surface area is 603 Å². The Kier molecular flexibility index (Phi) is 1290. The fraction of sp³-hybridized carbons (Fsp3) is 1.00. The molecular formula is C40H88F60O13. The van der Waals surface area contributed by atoms with Crippen molar-refractivity contribution in [2.24, 2.45) is 0 Å². The van der Waals surface area contributed by atoms with Crippen molar-refractivity contribution in [2.45, 2.75) is 6.11 Å². The lowest BCUT2D eigenvalue weighted by atomic mass is 10.7. The summed E-state index contributed by atoms with van der Waals surface area (Å²) in [7, 11) is 0. The van der Waals surface area contributed by atoms with E-state index in [-0.39, 0.29) is 26.4 Å². The van der Waals surface area contributed by atoms with E-state index >= 15 is 0 Å². The van der Waals surface area contributed by atoms with Gasteiger partial charge in [-0.05, 0) is 9.05 Å². The lowest BCUT2D eigenvalue weighted by molar-refractivity contribution is -0.272. The summed E-state index contributed by atoms with van der Waals surface area (Å²) in [5.74, 6) is 0. The Morgan fingerprint density at radius 1 is 0.159 bits per heavy atom. The summed E-state index contributed by atoms with van der Waals surface area (Å²) in [5.41, 5.74) is 0. The summed E-state index contributed by atoms with van der Waals surface area (Å²) in [6.45, 7) is -54.4. The molecule has 0 amide bonds. The first kappa shape index (κ1) is 226. The van der Waals surface area contributed by atoms with Crippen LogP contribution >= 0.6 is 0 Å². The first-order valence-electron chi connectivity index (χ1n) is 22.2. The third-order valence-corrected chi connectivity index (χ3v) is 0.870. The molecule has 13 nitrogen and oxygen atoms in total. The van der Waals surface area contributed by atoms with Gasteiger partial charge in [0.1, 0.15) is 33.3 Å². The minimum Gasteiger partial charge on any atom is -0.394 e. The number of aliphatic hydroxyl groups excluding tert-OH is 10. The summed E-state index contributed by atoms with van der Waals surface area (Å²) in [6.07, 6.45) is -3.73. The fourth-order valence-electron chi connectivity index (χ4n) is 0.125. The second kappa shape index (κ2) is 647. The van der Waals surface area contributed by atoms with Crippen molar-refractivity contribution < 1.29 is 329 Å². The van der Waals surface area contributed by atoms with E-state index in [1.165, 1.54) is 0 Å². The van der Waals surface area contributed by atoms with Gasteiger partial charge in [0.2, 0.25) is 166 Å². The minimum atomic E-state index is -3.73. The summed E-state index contributed by atoms with van der Waals surface area (Å²) < 4.78 is 591. The Balaban J connectivity index is -0.0000000178. The van der Waals surface area contributed by atoms with Gasteiger partial charge < -0.3 is 51.1 Å². The summed E-state index contributed by atoms with van der Waals surface area (Å²) in [5, 5.41) is 72.2. The predicted octanol–water partition coefficient (Wildman–Crippen LogP) is 20.9. The molecule has 113 heavy (non-hydrogen) atoms. The molecule has 0 aromatic heterocycles. The van der Waals surface area contributed by atoms with Gasteiger partial charge in [-0.15, -0.1) is 0 Å². The van der Waals surface area contributed by atoms with Crippen LogP contribution in [0.25, 0.3) is 0 Å². The molecule has 0 aliphatic carbocycles. The lowest BCUT2D eigenvalue weighted by Crippen LogP contribution is -2.24. The van der Waals surface area contributed by atoms with Gasteiger partial charge in [0.25, 0.3) is 0 Å². The third-order valence-electron chi connectivity index (χ3n) is 0.870. The number of hydrogen-bond donors (Lipinski definition) is 10. The largest absolute Gasteiger partial charge is 0.394 e. The molecule has 746 valence electrons. The highest BCUT2D eigenvalue weighted by Gasteiger charge is 2.28. The molecule has 0 atom stereocenters. The smallest absolute Gasteiger partial charge is 0.380 e. The molecule has 0 rings (SSSR count). The molecule has 0 heterocycles. The van der Waals surface area contributed by atoms with Gasteiger partial charge in [0.15, 0.2) is 41.2 Å². The molecule has 0 aromatic carbocycles. The van der Waals surface area contributed by atoms with Crippen molar-refractivity contribution in [3.8, 4) is 0 Å². The number of ether oxygens (including phenoxy) is 1. The maximum atomic E-state index is 11.4. The standard InChI is InChI=1S/C3H5F3O2.4C2H5FO.2CH2F2O.22CH2F2.5CH3FO/c4-2-8-3(5,6)1-7;4*3-1-2-4;2*2-1-4-3;27*2-1-3/h7H,1-2H2;4*4H,1-2H2;2*1H2;22*1H2;5*3H,1H2. The van der Waals surface area contributed by atoms with Crippen LogP contribution in [0.5, 0.6) is 0 Å². The molecule has 0 saturated heterocycles. The van der Waals surface area contributed by atoms with Gasteiger partial charge in [-0.25, -0.2) is 246 Å². The maximum absolute atomic E-state index is 11.4. The third kappa shape index (κ3) is 17300. The van der Waals surface area contributed by atoms with Crippen molar-refractivity contribution in [1.29, 1.82) is 0 Å². The first-order valence-corrected chi connectivity index (χ1v) is 22.2. The zero-order valence-corrected chi connectivity index (χ0v) is 56.5. The second-order valence-electron chi connectivity index (χ2n) is 5.96. The highest BCUT2D eigenvalue weighted by Crippen LogP contribution is 2.12. The Hall–Kier alpha value is -4.72. The first-order chi connectivity index (χ1) is 53.3. The van der Waals surface area contributed by atoms with Gasteiger partial charge >= 0.3 is 6.11 Å². The zero-order valence-electron chi connectivity index (χ0n) is 56.5.